The highest BCUT2D eigenvalue weighted by Gasteiger charge is 2.42. The molecule has 156 valence electrons. The average molecular weight is 411 g/mol. The first kappa shape index (κ1) is 21.0. The van der Waals surface area contributed by atoms with E-state index in [2.05, 4.69) is 4.99 Å². The van der Waals surface area contributed by atoms with Crippen LogP contribution in [0.1, 0.15) is 35.9 Å². The van der Waals surface area contributed by atoms with Gasteiger partial charge in [-0.3, -0.25) is 9.79 Å². The Labute approximate surface area is 173 Å². The summed E-state index contributed by atoms with van der Waals surface area (Å²) < 4.78 is 20.2. The number of carbonyl (C=O) groups excluding carboxylic acids is 3. The van der Waals surface area contributed by atoms with E-state index in [-0.39, 0.29) is 17.1 Å². The van der Waals surface area contributed by atoms with E-state index in [0.29, 0.717) is 17.0 Å². The molecule has 1 unspecified atom stereocenters. The second-order valence-electron chi connectivity index (χ2n) is 6.66. The Morgan fingerprint density at radius 1 is 0.967 bits per heavy atom. The van der Waals surface area contributed by atoms with Gasteiger partial charge in [0, 0.05) is 17.3 Å². The number of ether oxygens (including phenoxy) is 3. The van der Waals surface area contributed by atoms with Gasteiger partial charge in [0.05, 0.1) is 26.1 Å². The van der Waals surface area contributed by atoms with Crippen molar-refractivity contribution in [3.8, 4) is 5.75 Å². The Morgan fingerprint density at radius 2 is 1.67 bits per heavy atom. The fourth-order valence-electron chi connectivity index (χ4n) is 3.50. The third-order valence-corrected chi connectivity index (χ3v) is 4.86. The summed E-state index contributed by atoms with van der Waals surface area (Å²) in [6, 6.07) is 9.60. The zero-order valence-electron chi connectivity index (χ0n) is 17.0. The summed E-state index contributed by atoms with van der Waals surface area (Å²) in [4.78, 5) is 41.4. The number of hydrogen-bond donors (Lipinski definition) is 0. The van der Waals surface area contributed by atoms with Gasteiger partial charge in [-0.2, -0.15) is 0 Å². The van der Waals surface area contributed by atoms with E-state index in [9.17, 15) is 14.4 Å². The first-order valence-electron chi connectivity index (χ1n) is 9.15. The molecule has 3 rings (SSSR count). The highest BCUT2D eigenvalue weighted by atomic mass is 16.5. The van der Waals surface area contributed by atoms with Gasteiger partial charge in [0.2, 0.25) is 5.76 Å². The van der Waals surface area contributed by atoms with Crippen LogP contribution in [0.15, 0.2) is 63.3 Å². The largest absolute Gasteiger partial charge is 0.468 e. The van der Waals surface area contributed by atoms with E-state index < -0.39 is 29.7 Å². The number of carbonyl (C=O) groups is 3. The van der Waals surface area contributed by atoms with Crippen LogP contribution in [0.5, 0.6) is 5.75 Å². The quantitative estimate of drug-likeness (QED) is 0.549. The number of esters is 3. The van der Waals surface area contributed by atoms with Crippen LogP contribution in [0.25, 0.3) is 0 Å². The molecule has 1 aliphatic rings. The third-order valence-electron chi connectivity index (χ3n) is 4.86. The lowest BCUT2D eigenvalue weighted by Crippen LogP contribution is -2.36. The lowest BCUT2D eigenvalue weighted by molar-refractivity contribution is -0.143. The smallest absolute Gasteiger partial charge is 0.379 e. The van der Waals surface area contributed by atoms with E-state index >= 15 is 0 Å². The van der Waals surface area contributed by atoms with Crippen LogP contribution < -0.4 is 4.74 Å². The molecule has 0 spiro atoms. The van der Waals surface area contributed by atoms with Gasteiger partial charge in [0.25, 0.3) is 0 Å². The summed E-state index contributed by atoms with van der Waals surface area (Å²) in [5.41, 5.74) is 1.93. The van der Waals surface area contributed by atoms with Crippen LogP contribution >= 0.6 is 0 Å². The van der Waals surface area contributed by atoms with Crippen LogP contribution in [-0.4, -0.2) is 37.8 Å². The van der Waals surface area contributed by atoms with Crippen molar-refractivity contribution in [1.82, 2.24) is 0 Å². The van der Waals surface area contributed by atoms with E-state index in [1.165, 1.54) is 26.5 Å². The Morgan fingerprint density at radius 3 is 2.23 bits per heavy atom. The summed E-state index contributed by atoms with van der Waals surface area (Å²) >= 11 is 0. The summed E-state index contributed by atoms with van der Waals surface area (Å²) in [5.74, 6) is -2.79. The van der Waals surface area contributed by atoms with Crippen molar-refractivity contribution >= 4 is 23.6 Å². The minimum absolute atomic E-state index is 0.0792. The van der Waals surface area contributed by atoms with E-state index in [4.69, 9.17) is 18.6 Å². The first-order valence-corrected chi connectivity index (χ1v) is 9.15. The molecule has 8 heteroatoms. The maximum absolute atomic E-state index is 12.5. The molecule has 8 nitrogen and oxygen atoms in total. The summed E-state index contributed by atoms with van der Waals surface area (Å²) in [6.45, 7) is 3.40. The molecule has 0 fully saturated rings. The molecule has 0 saturated heterocycles. The molecular formula is C22H21NO7. The van der Waals surface area contributed by atoms with Gasteiger partial charge < -0.3 is 18.6 Å². The lowest BCUT2D eigenvalue weighted by Gasteiger charge is -2.31. The number of aliphatic imine (C=N–C) groups is 1. The van der Waals surface area contributed by atoms with Gasteiger partial charge >= 0.3 is 17.9 Å². The maximum Gasteiger partial charge on any atom is 0.379 e. The van der Waals surface area contributed by atoms with Crippen molar-refractivity contribution < 1.29 is 33.0 Å². The van der Waals surface area contributed by atoms with Gasteiger partial charge in [0.1, 0.15) is 11.7 Å². The molecule has 0 aliphatic carbocycles. The van der Waals surface area contributed by atoms with Crippen molar-refractivity contribution in [3.63, 3.8) is 0 Å². The summed E-state index contributed by atoms with van der Waals surface area (Å²) in [5, 5.41) is 0. The second-order valence-corrected chi connectivity index (χ2v) is 6.66. The Kier molecular flexibility index (Phi) is 6.15. The SMILES string of the molecule is COC(=O)C1=C(C)N=C(C)C(C(=O)OC)[C@@H]1c1ccc(OC(=O)c2ccco2)cc1. The van der Waals surface area contributed by atoms with E-state index in [0.717, 1.165) is 0 Å². The third kappa shape index (κ3) is 4.03. The molecule has 0 amide bonds. The highest BCUT2D eigenvalue weighted by Crippen LogP contribution is 2.40. The number of benzene rings is 1. The lowest BCUT2D eigenvalue weighted by atomic mass is 9.75. The van der Waals surface area contributed by atoms with Crippen molar-refractivity contribution in [2.45, 2.75) is 19.8 Å². The molecule has 1 aliphatic heterocycles. The maximum atomic E-state index is 12.5. The molecule has 1 aromatic heterocycles. The molecule has 0 saturated carbocycles. The predicted molar refractivity (Wildman–Crippen MR) is 106 cm³/mol. The molecule has 0 bridgehead atoms. The number of rotatable bonds is 5. The zero-order valence-corrected chi connectivity index (χ0v) is 17.0. The molecule has 2 aromatic rings. The standard InChI is InChI=1S/C22H21NO7/c1-12-17(21(25)27-3)19(18(13(2)23-12)22(26)28-4)14-7-9-15(10-8-14)30-20(24)16-6-5-11-29-16/h5-11,17,19H,1-4H3/t17?,19-/m0/s1. The van der Waals surface area contributed by atoms with Crippen molar-refractivity contribution in [1.29, 1.82) is 0 Å². The number of methoxy groups -OCH3 is 2. The van der Waals surface area contributed by atoms with Crippen LogP contribution in [0, 0.1) is 5.92 Å². The molecule has 0 N–H and O–H groups in total. The summed E-state index contributed by atoms with van der Waals surface area (Å²) in [6.07, 6.45) is 1.38. The molecular weight excluding hydrogens is 390 g/mol. The van der Waals surface area contributed by atoms with E-state index in [1.54, 1.807) is 44.2 Å². The van der Waals surface area contributed by atoms with Crippen LogP contribution in [0.4, 0.5) is 0 Å². The van der Waals surface area contributed by atoms with Crippen LogP contribution in [0.3, 0.4) is 0 Å². The molecule has 30 heavy (non-hydrogen) atoms. The summed E-state index contributed by atoms with van der Waals surface area (Å²) in [7, 11) is 2.56. The van der Waals surface area contributed by atoms with Gasteiger partial charge in [-0.1, -0.05) is 12.1 Å². The normalized spacial score (nSPS) is 18.5. The topological polar surface area (TPSA) is 104 Å². The second kappa shape index (κ2) is 8.77. The first-order chi connectivity index (χ1) is 14.4. The van der Waals surface area contributed by atoms with Gasteiger partial charge in [-0.15, -0.1) is 0 Å². The predicted octanol–water partition coefficient (Wildman–Crippen LogP) is 3.29. The molecule has 2 atom stereocenters. The minimum atomic E-state index is -0.788. The fraction of sp³-hybridized carbons (Fsp3) is 0.273. The number of hydrogen-bond acceptors (Lipinski definition) is 8. The van der Waals surface area contributed by atoms with E-state index in [1.807, 2.05) is 0 Å². The minimum Gasteiger partial charge on any atom is -0.468 e. The van der Waals surface area contributed by atoms with Gasteiger partial charge in [-0.25, -0.2) is 9.59 Å². The van der Waals surface area contributed by atoms with Crippen molar-refractivity contribution in [2.24, 2.45) is 10.9 Å². The zero-order chi connectivity index (χ0) is 21.8. The van der Waals surface area contributed by atoms with Crippen LogP contribution in [-0.2, 0) is 19.1 Å². The van der Waals surface area contributed by atoms with Gasteiger partial charge in [-0.05, 0) is 43.7 Å². The monoisotopic (exact) mass is 411 g/mol. The van der Waals surface area contributed by atoms with Crippen molar-refractivity contribution in [3.05, 3.63) is 65.3 Å². The molecule has 0 radical (unpaired) electrons. The number of nitrogens with zero attached hydrogens (tertiary/aromatic N) is 1. The van der Waals surface area contributed by atoms with Crippen molar-refractivity contribution in [2.75, 3.05) is 14.2 Å². The highest BCUT2D eigenvalue weighted by molar-refractivity contribution is 6.07. The Bertz CT molecular complexity index is 1020. The molecule has 1 aromatic carbocycles. The fourth-order valence-corrected chi connectivity index (χ4v) is 3.50. The number of furan rings is 1. The average Bonchev–Trinajstić information content (AvgIpc) is 3.28. The number of allylic oxidation sites excluding steroid dienone is 1. The van der Waals surface area contributed by atoms with Gasteiger partial charge in [0.15, 0.2) is 0 Å². The Balaban J connectivity index is 1.97. The Hall–Kier alpha value is -3.68. The molecule has 2 heterocycles. The van der Waals surface area contributed by atoms with Crippen LogP contribution in [0.2, 0.25) is 0 Å².